The van der Waals surface area contributed by atoms with Gasteiger partial charge in [-0.25, -0.2) is 9.97 Å². The molecular weight excluding hydrogens is 475 g/mol. The maximum absolute atomic E-state index is 13.1. The highest BCUT2D eigenvalue weighted by Crippen LogP contribution is 2.24. The predicted molar refractivity (Wildman–Crippen MR) is 131 cm³/mol. The maximum atomic E-state index is 13.1. The van der Waals surface area contributed by atoms with Crippen LogP contribution in [0.2, 0.25) is 5.02 Å². The third-order valence-corrected chi connectivity index (χ3v) is 5.81. The Morgan fingerprint density at radius 2 is 2.06 bits per heavy atom. The Labute approximate surface area is 203 Å². The monoisotopic (exact) mass is 500 g/mol. The number of aliphatic hydroxyl groups is 2. The second kappa shape index (κ2) is 11.4. The molecule has 0 saturated carbocycles. The molecule has 3 heterocycles. The lowest BCUT2D eigenvalue weighted by molar-refractivity contribution is 0.0539. The predicted octanol–water partition coefficient (Wildman–Crippen LogP) is 3.13. The number of nitrogens with zero attached hydrogens (tertiary/aromatic N) is 3. The van der Waals surface area contributed by atoms with Gasteiger partial charge in [0.15, 0.2) is 5.52 Å². The molecule has 0 aliphatic carbocycles. The number of aryl methyl sites for hydroxylation is 1. The highest BCUT2D eigenvalue weighted by Gasteiger charge is 2.25. The van der Waals surface area contributed by atoms with Crippen LogP contribution >= 0.6 is 36.4 Å². The lowest BCUT2D eigenvalue weighted by Gasteiger charge is -2.30. The SMILES string of the molecule is Cc1cc(-c2cccc(Cl)c2)nc2c(=O)n(CC(O)C[C@H]3NCCC[C@@H]3O)cnc12.Cl.Cl. The fourth-order valence-electron chi connectivity index (χ4n) is 3.99. The van der Waals surface area contributed by atoms with Crippen molar-refractivity contribution in [1.82, 2.24) is 19.9 Å². The molecule has 3 aromatic rings. The van der Waals surface area contributed by atoms with E-state index in [-0.39, 0.29) is 48.5 Å². The number of aromatic nitrogens is 3. The number of benzene rings is 1. The molecule has 0 radical (unpaired) electrons. The molecule has 3 N–H and O–H groups in total. The van der Waals surface area contributed by atoms with Crippen LogP contribution in [0.4, 0.5) is 0 Å². The number of rotatable bonds is 5. The number of pyridine rings is 1. The van der Waals surface area contributed by atoms with Crippen molar-refractivity contribution in [3.63, 3.8) is 0 Å². The van der Waals surface area contributed by atoms with Crippen molar-refractivity contribution < 1.29 is 10.2 Å². The molecule has 32 heavy (non-hydrogen) atoms. The molecule has 7 nitrogen and oxygen atoms in total. The van der Waals surface area contributed by atoms with Crippen LogP contribution in [-0.4, -0.2) is 49.5 Å². The average Bonchev–Trinajstić information content (AvgIpc) is 2.72. The Morgan fingerprint density at radius 3 is 2.78 bits per heavy atom. The zero-order valence-electron chi connectivity index (χ0n) is 17.6. The first-order valence-corrected chi connectivity index (χ1v) is 10.5. The third-order valence-electron chi connectivity index (χ3n) is 5.57. The van der Waals surface area contributed by atoms with Gasteiger partial charge in [0.05, 0.1) is 36.3 Å². The highest BCUT2D eigenvalue weighted by molar-refractivity contribution is 6.30. The van der Waals surface area contributed by atoms with E-state index in [2.05, 4.69) is 15.3 Å². The molecule has 1 saturated heterocycles. The molecule has 174 valence electrons. The number of halogens is 3. The summed E-state index contributed by atoms with van der Waals surface area (Å²) in [7, 11) is 0. The van der Waals surface area contributed by atoms with Crippen molar-refractivity contribution in [3.8, 4) is 11.3 Å². The van der Waals surface area contributed by atoms with Crippen LogP contribution in [0.15, 0.2) is 41.5 Å². The van der Waals surface area contributed by atoms with Crippen molar-refractivity contribution in [2.75, 3.05) is 6.54 Å². The quantitative estimate of drug-likeness (QED) is 0.497. The summed E-state index contributed by atoms with van der Waals surface area (Å²) >= 11 is 6.10. The van der Waals surface area contributed by atoms with Gasteiger partial charge in [-0.2, -0.15) is 0 Å². The number of hydrogen-bond donors (Lipinski definition) is 3. The fraction of sp³-hybridized carbons (Fsp3) is 0.409. The van der Waals surface area contributed by atoms with Gasteiger partial charge in [0, 0.05) is 16.6 Å². The third kappa shape index (κ3) is 5.78. The van der Waals surface area contributed by atoms with Crippen LogP contribution in [-0.2, 0) is 6.54 Å². The minimum atomic E-state index is -0.788. The van der Waals surface area contributed by atoms with Gasteiger partial charge in [0.1, 0.15) is 0 Å². The van der Waals surface area contributed by atoms with Crippen LogP contribution in [0.5, 0.6) is 0 Å². The van der Waals surface area contributed by atoms with Crippen LogP contribution in [0.25, 0.3) is 22.3 Å². The van der Waals surface area contributed by atoms with E-state index in [9.17, 15) is 15.0 Å². The van der Waals surface area contributed by atoms with Gasteiger partial charge in [-0.1, -0.05) is 23.7 Å². The van der Waals surface area contributed by atoms with Crippen LogP contribution in [0.3, 0.4) is 0 Å². The standard InChI is InChI=1S/C22H25ClN4O3.2ClH/c1-13-8-17(14-4-2-5-15(23)9-14)26-21-20(13)25-12-27(22(21)30)11-16(28)10-18-19(29)6-3-7-24-18;;/h2,4-5,8-9,12,16,18-19,24,28-29H,3,6-7,10-11H2,1H3;2*1H/t16?,18-,19+;;/m1../s1. The van der Waals surface area contributed by atoms with E-state index in [1.165, 1.54) is 10.9 Å². The maximum Gasteiger partial charge on any atom is 0.279 e. The normalized spacial score (nSPS) is 19.1. The molecule has 0 spiro atoms. The summed E-state index contributed by atoms with van der Waals surface area (Å²) in [5, 5.41) is 24.4. The lowest BCUT2D eigenvalue weighted by atomic mass is 9.96. The van der Waals surface area contributed by atoms with Gasteiger partial charge in [-0.15, -0.1) is 24.8 Å². The molecule has 1 unspecified atom stereocenters. The van der Waals surface area contributed by atoms with Crippen LogP contribution < -0.4 is 10.9 Å². The first kappa shape index (κ1) is 26.5. The fourth-order valence-corrected chi connectivity index (χ4v) is 4.18. The summed E-state index contributed by atoms with van der Waals surface area (Å²) in [5.74, 6) is 0. The number of fused-ring (bicyclic) bond motifs is 1. The summed E-state index contributed by atoms with van der Waals surface area (Å²) in [5.41, 5.74) is 2.81. The van der Waals surface area contributed by atoms with Crippen LogP contribution in [0, 0.1) is 6.92 Å². The van der Waals surface area contributed by atoms with Crippen molar-refractivity contribution >= 4 is 47.4 Å². The zero-order chi connectivity index (χ0) is 21.3. The number of nitrogens with one attached hydrogen (secondary N) is 1. The molecule has 1 aliphatic rings. The second-order valence-electron chi connectivity index (χ2n) is 7.89. The number of hydrogen-bond acceptors (Lipinski definition) is 6. The van der Waals surface area contributed by atoms with Gasteiger partial charge in [-0.05, 0) is 56.5 Å². The topological polar surface area (TPSA) is 100 Å². The average molecular weight is 502 g/mol. The largest absolute Gasteiger partial charge is 0.392 e. The van der Waals surface area contributed by atoms with Crippen molar-refractivity contribution in [3.05, 3.63) is 57.6 Å². The summed E-state index contributed by atoms with van der Waals surface area (Å²) < 4.78 is 1.39. The first-order chi connectivity index (χ1) is 14.4. The Bertz CT molecular complexity index is 1130. The Hall–Kier alpha value is -1.74. The zero-order valence-corrected chi connectivity index (χ0v) is 20.0. The van der Waals surface area contributed by atoms with Gasteiger partial charge in [-0.3, -0.25) is 9.36 Å². The smallest absolute Gasteiger partial charge is 0.279 e. The molecule has 1 fully saturated rings. The molecule has 1 aromatic carbocycles. The van der Waals surface area contributed by atoms with E-state index in [4.69, 9.17) is 11.6 Å². The molecule has 10 heteroatoms. The number of aliphatic hydroxyl groups excluding tert-OH is 2. The molecule has 3 atom stereocenters. The summed E-state index contributed by atoms with van der Waals surface area (Å²) in [6.07, 6.45) is 2.18. The Balaban J connectivity index is 0.00000181. The van der Waals surface area contributed by atoms with E-state index in [0.29, 0.717) is 22.7 Å². The van der Waals surface area contributed by atoms with Crippen LogP contribution in [0.1, 0.15) is 24.8 Å². The summed E-state index contributed by atoms with van der Waals surface area (Å²) in [6.45, 7) is 2.80. The Kier molecular flexibility index (Phi) is 9.45. The highest BCUT2D eigenvalue weighted by atomic mass is 35.5. The molecule has 1 aliphatic heterocycles. The first-order valence-electron chi connectivity index (χ1n) is 10.1. The van der Waals surface area contributed by atoms with E-state index in [1.807, 2.05) is 25.1 Å². The lowest BCUT2D eigenvalue weighted by Crippen LogP contribution is -2.47. The molecule has 2 aromatic heterocycles. The van der Waals surface area contributed by atoms with Crippen molar-refractivity contribution in [2.24, 2.45) is 0 Å². The van der Waals surface area contributed by atoms with Gasteiger partial charge in [0.2, 0.25) is 0 Å². The minimum absolute atomic E-state index is 0. The summed E-state index contributed by atoms with van der Waals surface area (Å²) in [4.78, 5) is 22.0. The summed E-state index contributed by atoms with van der Waals surface area (Å²) in [6, 6.07) is 9.03. The van der Waals surface area contributed by atoms with E-state index in [0.717, 1.165) is 30.5 Å². The van der Waals surface area contributed by atoms with E-state index < -0.39 is 12.2 Å². The Morgan fingerprint density at radius 1 is 1.28 bits per heavy atom. The minimum Gasteiger partial charge on any atom is -0.392 e. The van der Waals surface area contributed by atoms with Gasteiger partial charge in [0.25, 0.3) is 5.56 Å². The number of piperidine rings is 1. The van der Waals surface area contributed by atoms with Crippen molar-refractivity contribution in [1.29, 1.82) is 0 Å². The van der Waals surface area contributed by atoms with Crippen molar-refractivity contribution in [2.45, 2.75) is 51.0 Å². The van der Waals surface area contributed by atoms with E-state index >= 15 is 0 Å². The second-order valence-corrected chi connectivity index (χ2v) is 8.33. The molecule has 4 rings (SSSR count). The molecule has 0 bridgehead atoms. The molecule has 0 amide bonds. The van der Waals surface area contributed by atoms with Gasteiger partial charge >= 0.3 is 0 Å². The molecular formula is C22H27Cl3N4O3. The van der Waals surface area contributed by atoms with Gasteiger partial charge < -0.3 is 15.5 Å². The van der Waals surface area contributed by atoms with E-state index in [1.54, 1.807) is 12.1 Å².